The summed E-state index contributed by atoms with van der Waals surface area (Å²) < 4.78 is 2.27. The monoisotopic (exact) mass is 249 g/mol. The molecule has 4 heteroatoms. The van der Waals surface area contributed by atoms with E-state index in [-0.39, 0.29) is 12.1 Å². The number of fused-ring (bicyclic) bond motifs is 1. The van der Waals surface area contributed by atoms with Gasteiger partial charge < -0.3 is 14.8 Å². The second kappa shape index (κ2) is 5.94. The van der Waals surface area contributed by atoms with Crippen LogP contribution in [0.25, 0.3) is 0 Å². The Balaban J connectivity index is 2.13. The van der Waals surface area contributed by atoms with Crippen LogP contribution < -0.4 is 5.32 Å². The average Bonchev–Trinajstić information content (AvgIpc) is 2.85. The number of amides is 2. The number of carbonyl (C=O) groups is 1. The van der Waals surface area contributed by atoms with Crippen molar-refractivity contribution >= 4 is 6.03 Å². The van der Waals surface area contributed by atoms with Gasteiger partial charge in [0.25, 0.3) is 0 Å². The summed E-state index contributed by atoms with van der Waals surface area (Å²) in [4.78, 5) is 14.2. The number of hydrogen-bond donors (Lipinski definition) is 1. The smallest absolute Gasteiger partial charge is 0.318 e. The molecule has 4 nitrogen and oxygen atoms in total. The van der Waals surface area contributed by atoms with Gasteiger partial charge in [0.05, 0.1) is 6.04 Å². The third kappa shape index (κ3) is 2.52. The first-order chi connectivity index (χ1) is 8.77. The summed E-state index contributed by atoms with van der Waals surface area (Å²) in [5, 5.41) is 2.99. The SMILES string of the molecule is CCCNC(=O)N1CCn2cccc2[C@@H]1CCC. The van der Waals surface area contributed by atoms with E-state index in [1.54, 1.807) is 0 Å². The Morgan fingerprint density at radius 3 is 2.94 bits per heavy atom. The van der Waals surface area contributed by atoms with Crippen molar-refractivity contribution in [1.29, 1.82) is 0 Å². The average molecular weight is 249 g/mol. The van der Waals surface area contributed by atoms with Crippen LogP contribution in [-0.4, -0.2) is 28.6 Å². The van der Waals surface area contributed by atoms with Crippen molar-refractivity contribution in [3.8, 4) is 0 Å². The maximum Gasteiger partial charge on any atom is 0.318 e. The highest BCUT2D eigenvalue weighted by molar-refractivity contribution is 5.74. The largest absolute Gasteiger partial charge is 0.348 e. The fraction of sp³-hybridized carbons (Fsp3) is 0.643. The molecule has 0 bridgehead atoms. The number of carbonyl (C=O) groups excluding carboxylic acids is 1. The fourth-order valence-corrected chi connectivity index (χ4v) is 2.62. The molecule has 1 aliphatic heterocycles. The first-order valence-electron chi connectivity index (χ1n) is 6.97. The van der Waals surface area contributed by atoms with Gasteiger partial charge in [-0.1, -0.05) is 20.3 Å². The molecule has 1 aromatic heterocycles. The van der Waals surface area contributed by atoms with E-state index >= 15 is 0 Å². The Hall–Kier alpha value is -1.45. The molecule has 1 aromatic rings. The van der Waals surface area contributed by atoms with Crippen LogP contribution in [0.15, 0.2) is 18.3 Å². The summed E-state index contributed by atoms with van der Waals surface area (Å²) in [6.45, 7) is 6.72. The van der Waals surface area contributed by atoms with E-state index in [1.165, 1.54) is 5.69 Å². The van der Waals surface area contributed by atoms with Crippen LogP contribution in [0.5, 0.6) is 0 Å². The van der Waals surface area contributed by atoms with E-state index in [2.05, 4.69) is 42.1 Å². The van der Waals surface area contributed by atoms with Gasteiger partial charge in [-0.05, 0) is 25.0 Å². The normalized spacial score (nSPS) is 18.6. The van der Waals surface area contributed by atoms with Crippen LogP contribution >= 0.6 is 0 Å². The second-order valence-corrected chi connectivity index (χ2v) is 4.86. The van der Waals surface area contributed by atoms with Crippen LogP contribution in [0, 0.1) is 0 Å². The highest BCUT2D eigenvalue weighted by atomic mass is 16.2. The lowest BCUT2D eigenvalue weighted by Crippen LogP contribution is -2.47. The van der Waals surface area contributed by atoms with E-state index in [0.717, 1.165) is 38.9 Å². The topological polar surface area (TPSA) is 37.3 Å². The van der Waals surface area contributed by atoms with Gasteiger partial charge in [-0.15, -0.1) is 0 Å². The van der Waals surface area contributed by atoms with E-state index in [4.69, 9.17) is 0 Å². The lowest BCUT2D eigenvalue weighted by molar-refractivity contribution is 0.151. The van der Waals surface area contributed by atoms with Crippen molar-refractivity contribution in [1.82, 2.24) is 14.8 Å². The molecular weight excluding hydrogens is 226 g/mol. The predicted molar refractivity (Wildman–Crippen MR) is 72.5 cm³/mol. The molecule has 0 fully saturated rings. The predicted octanol–water partition coefficient (Wildman–Crippen LogP) is 2.76. The summed E-state index contributed by atoms with van der Waals surface area (Å²) in [6, 6.07) is 4.53. The van der Waals surface area contributed by atoms with Gasteiger partial charge in [-0.2, -0.15) is 0 Å². The van der Waals surface area contributed by atoms with Gasteiger partial charge in [-0.25, -0.2) is 4.79 Å². The molecule has 0 spiro atoms. The van der Waals surface area contributed by atoms with Gasteiger partial charge in [0, 0.05) is 31.5 Å². The van der Waals surface area contributed by atoms with Gasteiger partial charge in [-0.3, -0.25) is 0 Å². The molecular formula is C14H23N3O. The van der Waals surface area contributed by atoms with Crippen LogP contribution in [0.4, 0.5) is 4.79 Å². The Bertz CT molecular complexity index is 399. The third-order valence-corrected chi connectivity index (χ3v) is 3.51. The molecule has 0 unspecified atom stereocenters. The second-order valence-electron chi connectivity index (χ2n) is 4.86. The van der Waals surface area contributed by atoms with E-state index < -0.39 is 0 Å². The van der Waals surface area contributed by atoms with Gasteiger partial charge in [0.2, 0.25) is 0 Å². The minimum absolute atomic E-state index is 0.0859. The maximum absolute atomic E-state index is 12.2. The van der Waals surface area contributed by atoms with E-state index in [9.17, 15) is 4.79 Å². The molecule has 2 rings (SSSR count). The Morgan fingerprint density at radius 2 is 2.22 bits per heavy atom. The lowest BCUT2D eigenvalue weighted by Gasteiger charge is -2.37. The number of urea groups is 1. The molecule has 1 atom stereocenters. The first-order valence-corrected chi connectivity index (χ1v) is 6.97. The quantitative estimate of drug-likeness (QED) is 0.875. The highest BCUT2D eigenvalue weighted by Crippen LogP contribution is 2.29. The summed E-state index contributed by atoms with van der Waals surface area (Å²) >= 11 is 0. The summed E-state index contributed by atoms with van der Waals surface area (Å²) in [6.07, 6.45) is 5.21. The zero-order valence-corrected chi connectivity index (χ0v) is 11.4. The van der Waals surface area contributed by atoms with E-state index in [0.29, 0.717) is 0 Å². The Labute approximate surface area is 109 Å². The van der Waals surface area contributed by atoms with Crippen molar-refractivity contribution in [3.63, 3.8) is 0 Å². The minimum Gasteiger partial charge on any atom is -0.348 e. The summed E-state index contributed by atoms with van der Waals surface area (Å²) in [5.74, 6) is 0. The zero-order valence-electron chi connectivity index (χ0n) is 11.4. The number of rotatable bonds is 4. The molecule has 18 heavy (non-hydrogen) atoms. The van der Waals surface area contributed by atoms with Gasteiger partial charge >= 0.3 is 6.03 Å². The third-order valence-electron chi connectivity index (χ3n) is 3.51. The molecule has 0 aromatic carbocycles. The van der Waals surface area contributed by atoms with E-state index in [1.807, 2.05) is 4.90 Å². The Kier molecular flexibility index (Phi) is 4.28. The lowest BCUT2D eigenvalue weighted by atomic mass is 10.0. The molecule has 100 valence electrons. The molecule has 2 amide bonds. The molecule has 2 heterocycles. The van der Waals surface area contributed by atoms with Crippen LogP contribution in [0.1, 0.15) is 44.8 Å². The van der Waals surface area contributed by atoms with Crippen LogP contribution in [-0.2, 0) is 6.54 Å². The molecule has 1 N–H and O–H groups in total. The number of nitrogens with zero attached hydrogens (tertiary/aromatic N) is 2. The standard InChI is InChI=1S/C14H23N3O/c1-3-6-13-12-7-5-9-16(12)10-11-17(13)14(18)15-8-4-2/h5,7,9,13H,3-4,6,8,10-11H2,1-2H3,(H,15,18)/t13-/m0/s1. The van der Waals surface area contributed by atoms with Crippen molar-refractivity contribution < 1.29 is 4.79 Å². The Morgan fingerprint density at radius 1 is 1.39 bits per heavy atom. The molecule has 0 saturated carbocycles. The van der Waals surface area contributed by atoms with Crippen molar-refractivity contribution in [2.45, 2.75) is 45.7 Å². The first kappa shape index (κ1) is 13.0. The zero-order chi connectivity index (χ0) is 13.0. The minimum atomic E-state index is 0.0859. The van der Waals surface area contributed by atoms with Gasteiger partial charge in [0.1, 0.15) is 0 Å². The highest BCUT2D eigenvalue weighted by Gasteiger charge is 2.29. The summed E-state index contributed by atoms with van der Waals surface area (Å²) in [5.41, 5.74) is 1.27. The van der Waals surface area contributed by atoms with Crippen molar-refractivity contribution in [2.75, 3.05) is 13.1 Å². The fourth-order valence-electron chi connectivity index (χ4n) is 2.62. The molecule has 0 aliphatic carbocycles. The van der Waals surface area contributed by atoms with Crippen LogP contribution in [0.3, 0.4) is 0 Å². The van der Waals surface area contributed by atoms with Gasteiger partial charge in [0.15, 0.2) is 0 Å². The van der Waals surface area contributed by atoms with Crippen molar-refractivity contribution in [2.24, 2.45) is 0 Å². The number of aromatic nitrogens is 1. The molecule has 0 saturated heterocycles. The molecule has 1 aliphatic rings. The molecule has 0 radical (unpaired) electrons. The number of nitrogens with one attached hydrogen (secondary N) is 1. The summed E-state index contributed by atoms with van der Waals surface area (Å²) in [7, 11) is 0. The van der Waals surface area contributed by atoms with Crippen molar-refractivity contribution in [3.05, 3.63) is 24.0 Å². The van der Waals surface area contributed by atoms with Crippen LogP contribution in [0.2, 0.25) is 0 Å². The number of hydrogen-bond acceptors (Lipinski definition) is 1. The maximum atomic E-state index is 12.2.